The third kappa shape index (κ3) is 3.82. The summed E-state index contributed by atoms with van der Waals surface area (Å²) < 4.78 is 70.8. The van der Waals surface area contributed by atoms with Crippen LogP contribution in [0.4, 0.5) is 26.3 Å². The van der Waals surface area contributed by atoms with Crippen molar-refractivity contribution in [2.75, 3.05) is 0 Å². The maximum absolute atomic E-state index is 12.2. The average Bonchev–Trinajstić information content (AvgIpc) is 1.80. The van der Waals surface area contributed by atoms with Gasteiger partial charge in [0.2, 0.25) is 0 Å². The first-order chi connectivity index (χ1) is 5.19. The zero-order valence-corrected chi connectivity index (χ0v) is 6.26. The van der Waals surface area contributed by atoms with E-state index in [0.717, 1.165) is 6.92 Å². The van der Waals surface area contributed by atoms with Gasteiger partial charge in [-0.3, -0.25) is 0 Å². The van der Waals surface area contributed by atoms with Crippen LogP contribution < -0.4 is 0 Å². The minimum absolute atomic E-state index is 0.622. The van der Waals surface area contributed by atoms with Gasteiger partial charge in [-0.25, -0.2) is 13.2 Å². The van der Waals surface area contributed by atoms with Crippen molar-refractivity contribution >= 4 is 0 Å². The number of alkyl halides is 6. The van der Waals surface area contributed by atoms with E-state index in [1.54, 1.807) is 0 Å². The van der Waals surface area contributed by atoms with E-state index in [9.17, 15) is 26.3 Å². The summed E-state index contributed by atoms with van der Waals surface area (Å²) in [5.74, 6) is -4.30. The molecule has 0 aromatic carbocycles. The van der Waals surface area contributed by atoms with Crippen LogP contribution in [0.2, 0.25) is 0 Å². The Balaban J connectivity index is 4.22. The molecule has 0 aromatic heterocycles. The molecule has 0 unspecified atom stereocenters. The highest BCUT2D eigenvalue weighted by molar-refractivity contribution is 4.78. The third-order valence-electron chi connectivity index (χ3n) is 1.25. The van der Waals surface area contributed by atoms with Crippen molar-refractivity contribution in [2.45, 2.75) is 38.0 Å². The Morgan fingerprint density at radius 2 is 1.50 bits per heavy atom. The average molecular weight is 194 g/mol. The van der Waals surface area contributed by atoms with Gasteiger partial charge in [-0.15, -0.1) is 0 Å². The van der Waals surface area contributed by atoms with E-state index in [4.69, 9.17) is 0 Å². The molecular weight excluding hydrogens is 186 g/mol. The van der Waals surface area contributed by atoms with E-state index in [1.165, 1.54) is 0 Å². The summed E-state index contributed by atoms with van der Waals surface area (Å²) in [7, 11) is 0. The first-order valence-electron chi connectivity index (χ1n) is 3.27. The first-order valence-corrected chi connectivity index (χ1v) is 3.27. The van der Waals surface area contributed by atoms with Crippen molar-refractivity contribution in [3.63, 3.8) is 0 Å². The molecule has 0 nitrogen and oxygen atoms in total. The summed E-state index contributed by atoms with van der Waals surface area (Å²) in [6.45, 7) is 1.06. The highest BCUT2D eigenvalue weighted by atomic mass is 19.4. The van der Waals surface area contributed by atoms with E-state index >= 15 is 0 Å². The molecule has 0 aliphatic rings. The van der Waals surface area contributed by atoms with Crippen molar-refractivity contribution in [1.29, 1.82) is 0 Å². The summed E-state index contributed by atoms with van der Waals surface area (Å²) in [5.41, 5.74) is 0. The van der Waals surface area contributed by atoms with Crippen LogP contribution in [0.15, 0.2) is 0 Å². The van der Waals surface area contributed by atoms with Gasteiger partial charge >= 0.3 is 6.18 Å². The van der Waals surface area contributed by atoms with Crippen LogP contribution in [0, 0.1) is 0 Å². The van der Waals surface area contributed by atoms with Crippen molar-refractivity contribution in [1.82, 2.24) is 0 Å². The molecule has 0 bridgehead atoms. The van der Waals surface area contributed by atoms with Gasteiger partial charge in [0.25, 0.3) is 5.92 Å². The maximum atomic E-state index is 12.2. The van der Waals surface area contributed by atoms with E-state index < -0.39 is 31.1 Å². The standard InChI is InChI=1S/C6H8F6/c1-2-4(7)5(8,9)3-6(10,11)12/h4H,2-3H2,1H3/t4-/m0/s1. The summed E-state index contributed by atoms with van der Waals surface area (Å²) in [4.78, 5) is 0. The van der Waals surface area contributed by atoms with Gasteiger partial charge in [-0.2, -0.15) is 13.2 Å². The summed E-state index contributed by atoms with van der Waals surface area (Å²) >= 11 is 0. The van der Waals surface area contributed by atoms with Crippen LogP contribution in [0.3, 0.4) is 0 Å². The van der Waals surface area contributed by atoms with Crippen molar-refractivity contribution in [3.8, 4) is 0 Å². The fourth-order valence-electron chi connectivity index (χ4n) is 0.677. The first kappa shape index (κ1) is 11.6. The Hall–Kier alpha value is -0.420. The fourth-order valence-corrected chi connectivity index (χ4v) is 0.677. The molecule has 0 saturated carbocycles. The molecule has 0 aromatic rings. The summed E-state index contributed by atoms with van der Waals surface area (Å²) in [6, 6.07) is 0. The summed E-state index contributed by atoms with van der Waals surface area (Å²) in [5, 5.41) is 0. The van der Waals surface area contributed by atoms with E-state index in [0.29, 0.717) is 0 Å². The normalized spacial score (nSPS) is 16.2. The lowest BCUT2D eigenvalue weighted by atomic mass is 10.1. The Morgan fingerprint density at radius 3 is 1.75 bits per heavy atom. The minimum Gasteiger partial charge on any atom is -0.241 e. The largest absolute Gasteiger partial charge is 0.394 e. The highest BCUT2D eigenvalue weighted by Gasteiger charge is 2.48. The predicted octanol–water partition coefficient (Wildman–Crippen LogP) is 3.32. The van der Waals surface area contributed by atoms with Crippen LogP contribution in [-0.2, 0) is 0 Å². The monoisotopic (exact) mass is 194 g/mol. The molecule has 0 amide bonds. The fraction of sp³-hybridized carbons (Fsp3) is 1.00. The SMILES string of the molecule is CC[C@H](F)C(F)(F)CC(F)(F)F. The molecule has 74 valence electrons. The minimum atomic E-state index is -5.02. The zero-order chi connectivity index (χ0) is 9.99. The number of hydrogen-bond donors (Lipinski definition) is 0. The molecule has 0 fully saturated rings. The van der Waals surface area contributed by atoms with Crippen molar-refractivity contribution < 1.29 is 26.3 Å². The highest BCUT2D eigenvalue weighted by Crippen LogP contribution is 2.36. The second-order valence-electron chi connectivity index (χ2n) is 2.43. The van der Waals surface area contributed by atoms with Crippen LogP contribution in [0.25, 0.3) is 0 Å². The smallest absolute Gasteiger partial charge is 0.241 e. The van der Waals surface area contributed by atoms with Crippen LogP contribution in [-0.4, -0.2) is 18.3 Å². The molecule has 0 saturated heterocycles. The topological polar surface area (TPSA) is 0 Å². The third-order valence-corrected chi connectivity index (χ3v) is 1.25. The van der Waals surface area contributed by atoms with Crippen LogP contribution in [0.1, 0.15) is 19.8 Å². The molecule has 0 radical (unpaired) electrons. The number of halogens is 6. The molecule has 0 heterocycles. The van der Waals surface area contributed by atoms with Gasteiger partial charge in [-0.05, 0) is 6.42 Å². The number of rotatable bonds is 3. The van der Waals surface area contributed by atoms with Crippen LogP contribution >= 0.6 is 0 Å². The lowest BCUT2D eigenvalue weighted by Crippen LogP contribution is -2.34. The Kier molecular flexibility index (Phi) is 3.41. The summed E-state index contributed by atoms with van der Waals surface area (Å²) in [6.07, 6.45) is -10.8. The second kappa shape index (κ2) is 3.53. The molecule has 0 aliphatic heterocycles. The molecule has 6 heteroatoms. The Morgan fingerprint density at radius 1 is 1.08 bits per heavy atom. The van der Waals surface area contributed by atoms with Crippen molar-refractivity contribution in [3.05, 3.63) is 0 Å². The molecular formula is C6H8F6. The van der Waals surface area contributed by atoms with Gasteiger partial charge in [-0.1, -0.05) is 6.92 Å². The molecule has 0 aliphatic carbocycles. The van der Waals surface area contributed by atoms with Crippen LogP contribution in [0.5, 0.6) is 0 Å². The molecule has 0 N–H and O–H groups in total. The Labute approximate surface area is 65.6 Å². The number of hydrogen-bond acceptors (Lipinski definition) is 0. The van der Waals surface area contributed by atoms with Gasteiger partial charge < -0.3 is 0 Å². The Bertz CT molecular complexity index is 137. The predicted molar refractivity (Wildman–Crippen MR) is 30.8 cm³/mol. The zero-order valence-electron chi connectivity index (χ0n) is 6.26. The van der Waals surface area contributed by atoms with Crippen molar-refractivity contribution in [2.24, 2.45) is 0 Å². The molecule has 0 spiro atoms. The van der Waals surface area contributed by atoms with Gasteiger partial charge in [0, 0.05) is 0 Å². The lowest BCUT2D eigenvalue weighted by Gasteiger charge is -2.20. The second-order valence-corrected chi connectivity index (χ2v) is 2.43. The van der Waals surface area contributed by atoms with E-state index in [1.807, 2.05) is 0 Å². The van der Waals surface area contributed by atoms with E-state index in [2.05, 4.69) is 0 Å². The lowest BCUT2D eigenvalue weighted by molar-refractivity contribution is -0.204. The van der Waals surface area contributed by atoms with Gasteiger partial charge in [0.05, 0.1) is 0 Å². The molecule has 12 heavy (non-hydrogen) atoms. The molecule has 0 rings (SSSR count). The maximum Gasteiger partial charge on any atom is 0.394 e. The quantitative estimate of drug-likeness (QED) is 0.604. The van der Waals surface area contributed by atoms with Gasteiger partial charge in [0.15, 0.2) is 6.17 Å². The van der Waals surface area contributed by atoms with Gasteiger partial charge in [0.1, 0.15) is 6.42 Å². The van der Waals surface area contributed by atoms with E-state index in [-0.39, 0.29) is 0 Å². The molecule has 1 atom stereocenters.